The molecule has 0 saturated heterocycles. The second kappa shape index (κ2) is 4.44. The van der Waals surface area contributed by atoms with Gasteiger partial charge in [0.2, 0.25) is 0 Å². The Bertz CT molecular complexity index is 805. The lowest BCUT2D eigenvalue weighted by molar-refractivity contribution is 0.618. The van der Waals surface area contributed by atoms with Crippen LogP contribution in [-0.4, -0.2) is 14.4 Å². The molecule has 0 saturated carbocycles. The molecule has 3 rings (SSSR count). The van der Waals surface area contributed by atoms with Crippen molar-refractivity contribution >= 4 is 22.4 Å². The molecule has 0 fully saturated rings. The largest absolute Gasteiger partial charge is 0.382 e. The summed E-state index contributed by atoms with van der Waals surface area (Å²) in [5.74, 6) is 1.51. The highest BCUT2D eigenvalue weighted by molar-refractivity contribution is 5.85. The Labute approximate surface area is 116 Å². The normalized spacial score (nSPS) is 11.8. The molecule has 2 N–H and O–H groups in total. The minimum Gasteiger partial charge on any atom is -0.382 e. The van der Waals surface area contributed by atoms with Crippen molar-refractivity contribution in [1.29, 1.82) is 0 Å². The third-order valence-electron chi connectivity index (χ3n) is 3.37. The summed E-state index contributed by atoms with van der Waals surface area (Å²) in [7, 11) is 0. The molecule has 0 amide bonds. The number of hydrogen-bond donors (Lipinski definition) is 1. The van der Waals surface area contributed by atoms with Crippen LogP contribution in [0.3, 0.4) is 0 Å². The molecule has 0 aliphatic rings. The Hall–Kier alpha value is -2.17. The molecule has 104 valence electrons. The van der Waals surface area contributed by atoms with Crippen molar-refractivity contribution in [2.45, 2.75) is 27.2 Å². The number of aryl methyl sites for hydroxylation is 1. The van der Waals surface area contributed by atoms with Crippen molar-refractivity contribution in [3.05, 3.63) is 35.5 Å². The SMILES string of the molecule is Cc1nc(CC(C)C)n2c1c(N)nc1ccc(F)cc12. The van der Waals surface area contributed by atoms with E-state index in [1.165, 1.54) is 12.1 Å². The van der Waals surface area contributed by atoms with Gasteiger partial charge < -0.3 is 5.73 Å². The van der Waals surface area contributed by atoms with Crippen LogP contribution < -0.4 is 5.73 Å². The van der Waals surface area contributed by atoms with Crippen molar-refractivity contribution < 1.29 is 4.39 Å². The number of rotatable bonds is 2. The van der Waals surface area contributed by atoms with Gasteiger partial charge >= 0.3 is 0 Å². The monoisotopic (exact) mass is 272 g/mol. The van der Waals surface area contributed by atoms with Gasteiger partial charge in [0.1, 0.15) is 23.0 Å². The number of benzene rings is 1. The molecule has 0 atom stereocenters. The van der Waals surface area contributed by atoms with E-state index in [9.17, 15) is 4.39 Å². The molecule has 20 heavy (non-hydrogen) atoms. The molecule has 0 spiro atoms. The quantitative estimate of drug-likeness (QED) is 0.779. The number of anilines is 1. The molecule has 0 aliphatic heterocycles. The van der Waals surface area contributed by atoms with E-state index in [1.54, 1.807) is 6.07 Å². The van der Waals surface area contributed by atoms with E-state index >= 15 is 0 Å². The zero-order valence-electron chi connectivity index (χ0n) is 11.8. The van der Waals surface area contributed by atoms with Gasteiger partial charge in [0.05, 0.1) is 16.7 Å². The van der Waals surface area contributed by atoms with Gasteiger partial charge in [0, 0.05) is 12.5 Å². The van der Waals surface area contributed by atoms with Gasteiger partial charge in [0.15, 0.2) is 0 Å². The van der Waals surface area contributed by atoms with E-state index in [0.717, 1.165) is 23.5 Å². The molecule has 2 aromatic heterocycles. The van der Waals surface area contributed by atoms with Gasteiger partial charge in [-0.25, -0.2) is 14.4 Å². The Morgan fingerprint density at radius 3 is 2.75 bits per heavy atom. The van der Waals surface area contributed by atoms with Gasteiger partial charge in [-0.05, 0) is 25.0 Å². The van der Waals surface area contributed by atoms with Crippen LogP contribution in [0, 0.1) is 18.7 Å². The number of halogens is 1. The van der Waals surface area contributed by atoms with E-state index in [4.69, 9.17) is 5.73 Å². The van der Waals surface area contributed by atoms with Crippen LogP contribution in [-0.2, 0) is 6.42 Å². The summed E-state index contributed by atoms with van der Waals surface area (Å²) in [4.78, 5) is 8.94. The van der Waals surface area contributed by atoms with Crippen LogP contribution in [0.25, 0.3) is 16.6 Å². The van der Waals surface area contributed by atoms with Crippen LogP contribution >= 0.6 is 0 Å². The number of aromatic nitrogens is 3. The smallest absolute Gasteiger partial charge is 0.150 e. The molecule has 5 heteroatoms. The van der Waals surface area contributed by atoms with Gasteiger partial charge in [-0.3, -0.25) is 4.40 Å². The Morgan fingerprint density at radius 1 is 1.30 bits per heavy atom. The lowest BCUT2D eigenvalue weighted by Gasteiger charge is -2.09. The fourth-order valence-electron chi connectivity index (χ4n) is 2.60. The van der Waals surface area contributed by atoms with Crippen molar-refractivity contribution in [3.8, 4) is 0 Å². The lowest BCUT2D eigenvalue weighted by Crippen LogP contribution is -2.04. The Kier molecular flexibility index (Phi) is 2.85. The topological polar surface area (TPSA) is 56.2 Å². The summed E-state index contributed by atoms with van der Waals surface area (Å²) >= 11 is 0. The molecule has 0 aliphatic carbocycles. The fourth-order valence-corrected chi connectivity index (χ4v) is 2.60. The second-order valence-electron chi connectivity index (χ2n) is 5.53. The standard InChI is InChI=1S/C15H17FN4/c1-8(2)6-13-18-9(3)14-15(17)19-11-5-4-10(16)7-12(11)20(13)14/h4-5,7-8H,6H2,1-3H3,(H2,17,19). The van der Waals surface area contributed by atoms with Crippen LogP contribution in [0.4, 0.5) is 10.2 Å². The zero-order valence-corrected chi connectivity index (χ0v) is 11.8. The van der Waals surface area contributed by atoms with Crippen LogP contribution in [0.5, 0.6) is 0 Å². The molecule has 0 radical (unpaired) electrons. The highest BCUT2D eigenvalue weighted by atomic mass is 19.1. The van der Waals surface area contributed by atoms with Crippen LogP contribution in [0.15, 0.2) is 18.2 Å². The first-order valence-corrected chi connectivity index (χ1v) is 6.70. The minimum absolute atomic E-state index is 0.285. The number of nitrogens with two attached hydrogens (primary N) is 1. The first kappa shape index (κ1) is 12.8. The minimum atomic E-state index is -0.285. The summed E-state index contributed by atoms with van der Waals surface area (Å²) in [6.07, 6.45) is 0.810. The number of nitrogens with zero attached hydrogens (tertiary/aromatic N) is 3. The third-order valence-corrected chi connectivity index (χ3v) is 3.37. The predicted octanol–water partition coefficient (Wildman–Crippen LogP) is 3.11. The molecule has 0 bridgehead atoms. The molecule has 0 unspecified atom stereocenters. The predicted molar refractivity (Wildman–Crippen MR) is 78.1 cm³/mol. The van der Waals surface area contributed by atoms with E-state index in [0.29, 0.717) is 22.8 Å². The van der Waals surface area contributed by atoms with E-state index in [2.05, 4.69) is 23.8 Å². The first-order valence-electron chi connectivity index (χ1n) is 6.70. The van der Waals surface area contributed by atoms with Crippen LogP contribution in [0.2, 0.25) is 0 Å². The van der Waals surface area contributed by atoms with Gasteiger partial charge in [-0.2, -0.15) is 0 Å². The number of fused-ring (bicyclic) bond motifs is 3. The summed E-state index contributed by atoms with van der Waals surface area (Å²) in [5.41, 5.74) is 9.04. The molecular weight excluding hydrogens is 255 g/mol. The number of nitrogen functional groups attached to an aromatic ring is 1. The van der Waals surface area contributed by atoms with Gasteiger partial charge in [-0.15, -0.1) is 0 Å². The molecule has 4 nitrogen and oxygen atoms in total. The maximum Gasteiger partial charge on any atom is 0.150 e. The van der Waals surface area contributed by atoms with E-state index in [-0.39, 0.29) is 5.82 Å². The maximum atomic E-state index is 13.6. The van der Waals surface area contributed by atoms with Gasteiger partial charge in [0.25, 0.3) is 0 Å². The van der Waals surface area contributed by atoms with Crippen molar-refractivity contribution in [2.24, 2.45) is 5.92 Å². The summed E-state index contributed by atoms with van der Waals surface area (Å²) in [5, 5.41) is 0. The lowest BCUT2D eigenvalue weighted by atomic mass is 10.1. The van der Waals surface area contributed by atoms with Crippen molar-refractivity contribution in [1.82, 2.24) is 14.4 Å². The highest BCUT2D eigenvalue weighted by Gasteiger charge is 2.16. The van der Waals surface area contributed by atoms with Crippen molar-refractivity contribution in [2.75, 3.05) is 5.73 Å². The van der Waals surface area contributed by atoms with E-state index in [1.807, 2.05) is 11.3 Å². The second-order valence-corrected chi connectivity index (χ2v) is 5.53. The number of hydrogen-bond acceptors (Lipinski definition) is 3. The Morgan fingerprint density at radius 2 is 2.05 bits per heavy atom. The number of imidazole rings is 1. The van der Waals surface area contributed by atoms with E-state index < -0.39 is 0 Å². The highest BCUT2D eigenvalue weighted by Crippen LogP contribution is 2.26. The zero-order chi connectivity index (χ0) is 14.4. The average molecular weight is 272 g/mol. The average Bonchev–Trinajstić information content (AvgIpc) is 2.67. The summed E-state index contributed by atoms with van der Waals surface area (Å²) < 4.78 is 15.5. The summed E-state index contributed by atoms with van der Waals surface area (Å²) in [6.45, 7) is 6.16. The first-order chi connectivity index (χ1) is 9.47. The van der Waals surface area contributed by atoms with Crippen LogP contribution in [0.1, 0.15) is 25.4 Å². The molecule has 1 aromatic carbocycles. The molecule has 2 heterocycles. The third kappa shape index (κ3) is 1.90. The fraction of sp³-hybridized carbons (Fsp3) is 0.333. The Balaban J connectivity index is 2.47. The van der Waals surface area contributed by atoms with Crippen molar-refractivity contribution in [3.63, 3.8) is 0 Å². The maximum absolute atomic E-state index is 13.6. The molecular formula is C15H17FN4. The van der Waals surface area contributed by atoms with Gasteiger partial charge in [-0.1, -0.05) is 13.8 Å². The molecule has 3 aromatic rings. The summed E-state index contributed by atoms with van der Waals surface area (Å²) in [6, 6.07) is 4.53.